The molecule has 0 saturated carbocycles. The SMILES string of the molecule is Cc1cc(=O)oc2cc(NC(=O)C(CC(C)C)NC(=O)CNC(=O)CNC(=O)OCc3ccccc3)ccc12. The molecule has 1 heterocycles. The van der Waals surface area contributed by atoms with Crippen molar-refractivity contribution in [3.05, 3.63) is 76.1 Å². The summed E-state index contributed by atoms with van der Waals surface area (Å²) in [4.78, 5) is 61.0. The Bertz CT molecular complexity index is 1390. The van der Waals surface area contributed by atoms with Crippen molar-refractivity contribution in [2.75, 3.05) is 18.4 Å². The van der Waals surface area contributed by atoms with Crippen molar-refractivity contribution < 1.29 is 28.3 Å². The van der Waals surface area contributed by atoms with E-state index in [1.165, 1.54) is 6.07 Å². The summed E-state index contributed by atoms with van der Waals surface area (Å²) in [6.45, 7) is 4.90. The predicted octanol–water partition coefficient (Wildman–Crippen LogP) is 2.61. The zero-order chi connectivity index (χ0) is 28.4. The van der Waals surface area contributed by atoms with Crippen LogP contribution in [0.3, 0.4) is 0 Å². The molecule has 0 aliphatic rings. The van der Waals surface area contributed by atoms with Crippen molar-refractivity contribution in [1.82, 2.24) is 16.0 Å². The fourth-order valence-electron chi connectivity index (χ4n) is 3.75. The first-order valence-electron chi connectivity index (χ1n) is 12.5. The van der Waals surface area contributed by atoms with Gasteiger partial charge in [0.2, 0.25) is 17.7 Å². The van der Waals surface area contributed by atoms with Crippen LogP contribution < -0.4 is 26.9 Å². The lowest BCUT2D eigenvalue weighted by Crippen LogP contribution is -2.49. The molecule has 1 atom stereocenters. The molecule has 206 valence electrons. The van der Waals surface area contributed by atoms with E-state index in [0.717, 1.165) is 16.5 Å². The summed E-state index contributed by atoms with van der Waals surface area (Å²) in [5.74, 6) is -1.55. The van der Waals surface area contributed by atoms with Crippen molar-refractivity contribution >= 4 is 40.5 Å². The molecule has 0 radical (unpaired) electrons. The number of carbonyl (C=O) groups is 4. The number of hydrogen-bond acceptors (Lipinski definition) is 7. The van der Waals surface area contributed by atoms with E-state index in [4.69, 9.17) is 9.15 Å². The highest BCUT2D eigenvalue weighted by molar-refractivity contribution is 5.99. The zero-order valence-corrected chi connectivity index (χ0v) is 22.0. The summed E-state index contributed by atoms with van der Waals surface area (Å²) in [6, 6.07) is 14.6. The maximum Gasteiger partial charge on any atom is 0.407 e. The molecule has 3 rings (SSSR count). The number of carbonyl (C=O) groups excluding carboxylic acids is 4. The van der Waals surface area contributed by atoms with E-state index in [9.17, 15) is 24.0 Å². The van der Waals surface area contributed by atoms with E-state index in [1.807, 2.05) is 32.0 Å². The van der Waals surface area contributed by atoms with Crippen LogP contribution in [0.5, 0.6) is 0 Å². The Balaban J connectivity index is 1.48. The molecule has 0 aliphatic carbocycles. The van der Waals surface area contributed by atoms with Gasteiger partial charge in [0.15, 0.2) is 0 Å². The number of benzene rings is 2. The summed E-state index contributed by atoms with van der Waals surface area (Å²) in [6.07, 6.45) is -0.419. The largest absolute Gasteiger partial charge is 0.445 e. The molecule has 4 N–H and O–H groups in total. The van der Waals surface area contributed by atoms with E-state index < -0.39 is 35.5 Å². The van der Waals surface area contributed by atoms with Crippen LogP contribution in [0, 0.1) is 12.8 Å². The molecule has 3 aromatic rings. The van der Waals surface area contributed by atoms with E-state index in [-0.39, 0.29) is 25.6 Å². The van der Waals surface area contributed by atoms with E-state index in [0.29, 0.717) is 17.7 Å². The second-order valence-electron chi connectivity index (χ2n) is 9.39. The van der Waals surface area contributed by atoms with Gasteiger partial charge in [-0.1, -0.05) is 44.2 Å². The number of anilines is 1. The lowest BCUT2D eigenvalue weighted by molar-refractivity contribution is -0.128. The number of nitrogens with one attached hydrogen (secondary N) is 4. The molecule has 11 heteroatoms. The third-order valence-electron chi connectivity index (χ3n) is 5.63. The second-order valence-corrected chi connectivity index (χ2v) is 9.39. The Morgan fingerprint density at radius 2 is 1.64 bits per heavy atom. The number of aryl methyl sites for hydroxylation is 1. The first kappa shape index (κ1) is 28.9. The molecule has 0 aliphatic heterocycles. The Morgan fingerprint density at radius 3 is 2.36 bits per heavy atom. The van der Waals surface area contributed by atoms with Crippen LogP contribution in [0.4, 0.5) is 10.5 Å². The van der Waals surface area contributed by atoms with E-state index >= 15 is 0 Å². The van der Waals surface area contributed by atoms with Crippen LogP contribution in [0.25, 0.3) is 11.0 Å². The molecule has 39 heavy (non-hydrogen) atoms. The third kappa shape index (κ3) is 9.29. The minimum atomic E-state index is -0.874. The normalized spacial score (nSPS) is 11.5. The molecule has 1 unspecified atom stereocenters. The number of alkyl carbamates (subject to hydrolysis) is 1. The Labute approximate surface area is 225 Å². The van der Waals surface area contributed by atoms with Crippen LogP contribution in [0.2, 0.25) is 0 Å². The highest BCUT2D eigenvalue weighted by Gasteiger charge is 2.22. The van der Waals surface area contributed by atoms with Gasteiger partial charge in [-0.3, -0.25) is 14.4 Å². The van der Waals surface area contributed by atoms with Gasteiger partial charge in [-0.15, -0.1) is 0 Å². The van der Waals surface area contributed by atoms with Crippen molar-refractivity contribution in [3.8, 4) is 0 Å². The molecular weight excluding hydrogens is 504 g/mol. The van der Waals surface area contributed by atoms with Crippen LogP contribution in [-0.2, 0) is 25.7 Å². The van der Waals surface area contributed by atoms with Crippen molar-refractivity contribution in [3.63, 3.8) is 0 Å². The third-order valence-corrected chi connectivity index (χ3v) is 5.63. The average Bonchev–Trinajstić information content (AvgIpc) is 2.89. The fourth-order valence-corrected chi connectivity index (χ4v) is 3.75. The maximum atomic E-state index is 13.0. The van der Waals surface area contributed by atoms with Crippen LogP contribution in [0.15, 0.2) is 63.8 Å². The van der Waals surface area contributed by atoms with Crippen LogP contribution in [0.1, 0.15) is 31.4 Å². The van der Waals surface area contributed by atoms with Gasteiger partial charge in [-0.25, -0.2) is 9.59 Å². The van der Waals surface area contributed by atoms with Crippen LogP contribution >= 0.6 is 0 Å². The first-order valence-corrected chi connectivity index (χ1v) is 12.5. The second kappa shape index (κ2) is 13.8. The van der Waals surface area contributed by atoms with Gasteiger partial charge >= 0.3 is 11.7 Å². The number of hydrogen-bond donors (Lipinski definition) is 4. The molecule has 11 nitrogen and oxygen atoms in total. The first-order chi connectivity index (χ1) is 18.6. The Morgan fingerprint density at radius 1 is 0.923 bits per heavy atom. The zero-order valence-electron chi connectivity index (χ0n) is 22.0. The molecule has 2 aromatic carbocycles. The van der Waals surface area contributed by atoms with Crippen molar-refractivity contribution in [2.45, 2.75) is 39.8 Å². The standard InChI is InChI=1S/C28H32N4O7/c1-17(2)11-22(27(36)31-20-9-10-21-18(3)12-26(35)39-23(21)13-20)32-25(34)15-29-24(33)14-30-28(37)38-16-19-7-5-4-6-8-19/h4-10,12-13,17,22H,11,14-16H2,1-3H3,(H,29,33)(H,30,37)(H,31,36)(H,32,34). The van der Waals surface area contributed by atoms with Gasteiger partial charge in [0.25, 0.3) is 0 Å². The Hall–Kier alpha value is -4.67. The summed E-state index contributed by atoms with van der Waals surface area (Å²) < 4.78 is 10.3. The van der Waals surface area contributed by atoms with Gasteiger partial charge in [-0.2, -0.15) is 0 Å². The smallest absolute Gasteiger partial charge is 0.407 e. The topological polar surface area (TPSA) is 156 Å². The summed E-state index contributed by atoms with van der Waals surface area (Å²) in [7, 11) is 0. The van der Waals surface area contributed by atoms with Crippen molar-refractivity contribution in [1.29, 1.82) is 0 Å². The molecule has 0 fully saturated rings. The van der Waals surface area contributed by atoms with Crippen LogP contribution in [-0.4, -0.2) is 42.9 Å². The predicted molar refractivity (Wildman–Crippen MR) is 145 cm³/mol. The molecule has 4 amide bonds. The number of amides is 4. The maximum absolute atomic E-state index is 13.0. The number of fused-ring (bicyclic) bond motifs is 1. The minimum Gasteiger partial charge on any atom is -0.445 e. The van der Waals surface area contributed by atoms with Gasteiger partial charge in [0.05, 0.1) is 6.54 Å². The fraction of sp³-hybridized carbons (Fsp3) is 0.321. The van der Waals surface area contributed by atoms with Gasteiger partial charge in [-0.05, 0) is 42.5 Å². The monoisotopic (exact) mass is 536 g/mol. The number of rotatable bonds is 11. The lowest BCUT2D eigenvalue weighted by atomic mass is 10.0. The molecule has 0 bridgehead atoms. The summed E-state index contributed by atoms with van der Waals surface area (Å²) in [5.41, 5.74) is 1.81. The molecular formula is C28H32N4O7. The highest BCUT2D eigenvalue weighted by Crippen LogP contribution is 2.21. The van der Waals surface area contributed by atoms with Gasteiger partial charge in [0.1, 0.15) is 24.8 Å². The Kier molecular flexibility index (Phi) is 10.2. The van der Waals surface area contributed by atoms with Crippen molar-refractivity contribution in [2.24, 2.45) is 5.92 Å². The molecule has 1 aromatic heterocycles. The van der Waals surface area contributed by atoms with E-state index in [1.54, 1.807) is 37.3 Å². The minimum absolute atomic E-state index is 0.0588. The lowest BCUT2D eigenvalue weighted by Gasteiger charge is -2.20. The summed E-state index contributed by atoms with van der Waals surface area (Å²) >= 11 is 0. The average molecular weight is 537 g/mol. The highest BCUT2D eigenvalue weighted by atomic mass is 16.5. The molecule has 0 spiro atoms. The number of ether oxygens (including phenoxy) is 1. The summed E-state index contributed by atoms with van der Waals surface area (Å²) in [5, 5.41) is 10.8. The van der Waals surface area contributed by atoms with E-state index in [2.05, 4.69) is 21.3 Å². The molecule has 0 saturated heterocycles. The van der Waals surface area contributed by atoms with Gasteiger partial charge in [0, 0.05) is 23.2 Å². The quantitative estimate of drug-likeness (QED) is 0.275. The van der Waals surface area contributed by atoms with Gasteiger partial charge < -0.3 is 30.4 Å².